The second kappa shape index (κ2) is 7.81. The average molecular weight is 407 g/mol. The lowest BCUT2D eigenvalue weighted by atomic mass is 10.0. The third kappa shape index (κ3) is 3.24. The van der Waals surface area contributed by atoms with Crippen LogP contribution in [0.25, 0.3) is 16.8 Å². The van der Waals surface area contributed by atoms with Crippen molar-refractivity contribution in [1.82, 2.24) is 14.7 Å². The number of carbonyl (C=O) groups excluding carboxylic acids is 1. The number of hydrogen-bond acceptors (Lipinski definition) is 5. The maximum Gasteiger partial charge on any atom is 0.361 e. The standard InChI is InChI=1S/C18H16ClFN4O4/c1-3-8-21-17(25)15-18(24(26)27)23-9-7-10(19)13(16(23)22-15)14-11(20)5-4-6-12(14)28-2/h4-7,9H,3,8H2,1-2H3,(H,21,25). The van der Waals surface area contributed by atoms with Gasteiger partial charge in [0.2, 0.25) is 11.3 Å². The summed E-state index contributed by atoms with van der Waals surface area (Å²) in [7, 11) is 1.37. The minimum atomic E-state index is -0.711. The zero-order chi connectivity index (χ0) is 20.4. The van der Waals surface area contributed by atoms with E-state index in [1.165, 1.54) is 37.6 Å². The molecule has 3 rings (SSSR count). The molecule has 0 bridgehead atoms. The van der Waals surface area contributed by atoms with Crippen LogP contribution in [0.4, 0.5) is 10.2 Å². The van der Waals surface area contributed by atoms with Gasteiger partial charge in [-0.2, -0.15) is 9.38 Å². The summed E-state index contributed by atoms with van der Waals surface area (Å²) < 4.78 is 21.0. The molecule has 146 valence electrons. The van der Waals surface area contributed by atoms with Gasteiger partial charge in [-0.15, -0.1) is 0 Å². The molecular weight excluding hydrogens is 391 g/mol. The van der Waals surface area contributed by atoms with Crippen molar-refractivity contribution < 1.29 is 18.8 Å². The van der Waals surface area contributed by atoms with Crippen molar-refractivity contribution in [3.8, 4) is 16.9 Å². The fourth-order valence-corrected chi connectivity index (χ4v) is 3.10. The van der Waals surface area contributed by atoms with E-state index in [9.17, 15) is 19.3 Å². The Morgan fingerprint density at radius 1 is 1.39 bits per heavy atom. The number of benzene rings is 1. The van der Waals surface area contributed by atoms with E-state index in [-0.39, 0.29) is 33.2 Å². The lowest BCUT2D eigenvalue weighted by molar-refractivity contribution is -0.390. The summed E-state index contributed by atoms with van der Waals surface area (Å²) in [6, 6.07) is 5.58. The van der Waals surface area contributed by atoms with E-state index in [4.69, 9.17) is 16.3 Å². The molecule has 0 saturated heterocycles. The van der Waals surface area contributed by atoms with Crippen molar-refractivity contribution in [2.45, 2.75) is 13.3 Å². The van der Waals surface area contributed by atoms with E-state index in [2.05, 4.69) is 10.3 Å². The first-order valence-corrected chi connectivity index (χ1v) is 8.74. The highest BCUT2D eigenvalue weighted by atomic mass is 35.5. The number of pyridine rings is 1. The quantitative estimate of drug-likeness (QED) is 0.495. The van der Waals surface area contributed by atoms with Crippen LogP contribution in [0.2, 0.25) is 5.02 Å². The first kappa shape index (κ1) is 19.6. The summed E-state index contributed by atoms with van der Waals surface area (Å²) in [6.45, 7) is 2.18. The Labute approximate surface area is 164 Å². The highest BCUT2D eigenvalue weighted by Crippen LogP contribution is 2.40. The number of methoxy groups -OCH3 is 1. The molecular formula is C18H16ClFN4O4. The zero-order valence-corrected chi connectivity index (χ0v) is 15.8. The molecule has 8 nitrogen and oxygen atoms in total. The number of aromatic nitrogens is 2. The van der Waals surface area contributed by atoms with Gasteiger partial charge in [0.1, 0.15) is 11.6 Å². The minimum absolute atomic E-state index is 0.000939. The van der Waals surface area contributed by atoms with Crippen molar-refractivity contribution in [3.63, 3.8) is 0 Å². The Morgan fingerprint density at radius 3 is 2.79 bits per heavy atom. The molecule has 0 radical (unpaired) electrons. The Morgan fingerprint density at radius 2 is 2.14 bits per heavy atom. The molecule has 1 amide bonds. The predicted octanol–water partition coefficient (Wildman–Crippen LogP) is 3.85. The number of amides is 1. The number of rotatable bonds is 6. The number of nitro groups is 1. The minimum Gasteiger partial charge on any atom is -0.496 e. The highest BCUT2D eigenvalue weighted by Gasteiger charge is 2.31. The molecule has 2 aromatic heterocycles. The van der Waals surface area contributed by atoms with E-state index in [0.29, 0.717) is 13.0 Å². The fourth-order valence-electron chi connectivity index (χ4n) is 2.87. The smallest absolute Gasteiger partial charge is 0.361 e. The summed E-state index contributed by atoms with van der Waals surface area (Å²) in [5.41, 5.74) is -0.306. The molecule has 0 fully saturated rings. The number of hydrogen-bond donors (Lipinski definition) is 1. The number of fused-ring (bicyclic) bond motifs is 1. The first-order chi connectivity index (χ1) is 13.4. The largest absolute Gasteiger partial charge is 0.496 e. The number of ether oxygens (including phenoxy) is 1. The Hall–Kier alpha value is -3.20. The molecule has 2 heterocycles. The lowest BCUT2D eigenvalue weighted by Gasteiger charge is -2.10. The van der Waals surface area contributed by atoms with Gasteiger partial charge < -0.3 is 20.2 Å². The maximum atomic E-state index is 14.6. The number of imidazole rings is 1. The van der Waals surface area contributed by atoms with Gasteiger partial charge in [0.25, 0.3) is 5.91 Å². The zero-order valence-electron chi connectivity index (χ0n) is 15.0. The molecule has 0 unspecified atom stereocenters. The summed E-state index contributed by atoms with van der Waals surface area (Å²) in [6.07, 6.45) is 1.96. The van der Waals surface area contributed by atoms with Crippen LogP contribution < -0.4 is 10.1 Å². The van der Waals surface area contributed by atoms with Gasteiger partial charge in [-0.1, -0.05) is 24.6 Å². The summed E-state index contributed by atoms with van der Waals surface area (Å²) in [5.74, 6) is -1.69. The Kier molecular flexibility index (Phi) is 5.46. The highest BCUT2D eigenvalue weighted by molar-refractivity contribution is 6.34. The predicted molar refractivity (Wildman–Crippen MR) is 101 cm³/mol. The van der Waals surface area contributed by atoms with E-state index in [1.54, 1.807) is 0 Å². The SMILES string of the molecule is CCCNC(=O)c1nc2c(-c3c(F)cccc3OC)c(Cl)ccn2c1[N+](=O)[O-]. The molecule has 10 heteroatoms. The van der Waals surface area contributed by atoms with Crippen LogP contribution in [0.1, 0.15) is 23.8 Å². The van der Waals surface area contributed by atoms with Crippen molar-refractivity contribution in [1.29, 1.82) is 0 Å². The van der Waals surface area contributed by atoms with Crippen molar-refractivity contribution in [2.24, 2.45) is 0 Å². The molecule has 0 atom stereocenters. The fraction of sp³-hybridized carbons (Fsp3) is 0.222. The molecule has 28 heavy (non-hydrogen) atoms. The van der Waals surface area contributed by atoms with Crippen LogP contribution >= 0.6 is 11.6 Å². The van der Waals surface area contributed by atoms with Crippen LogP contribution in [-0.2, 0) is 0 Å². The summed E-state index contributed by atoms with van der Waals surface area (Å²) in [5, 5.41) is 14.3. The van der Waals surface area contributed by atoms with Gasteiger partial charge in [0.05, 0.1) is 29.5 Å². The second-order valence-corrected chi connectivity index (χ2v) is 6.25. The molecule has 0 aliphatic rings. The summed E-state index contributed by atoms with van der Waals surface area (Å²) in [4.78, 5) is 27.5. The van der Waals surface area contributed by atoms with Crippen molar-refractivity contribution in [2.75, 3.05) is 13.7 Å². The van der Waals surface area contributed by atoms with Gasteiger partial charge in [-0.05, 0) is 29.5 Å². The van der Waals surface area contributed by atoms with Crippen molar-refractivity contribution in [3.05, 3.63) is 57.1 Å². The van der Waals surface area contributed by atoms with Crippen LogP contribution in [0.3, 0.4) is 0 Å². The third-order valence-corrected chi connectivity index (χ3v) is 4.40. The Bertz CT molecular complexity index is 1080. The average Bonchev–Trinajstić information content (AvgIpc) is 3.06. The number of nitrogens with zero attached hydrogens (tertiary/aromatic N) is 3. The molecule has 0 spiro atoms. The molecule has 0 aliphatic carbocycles. The molecule has 3 aromatic rings. The maximum absolute atomic E-state index is 14.6. The van der Waals surface area contributed by atoms with Gasteiger partial charge in [0.15, 0.2) is 0 Å². The number of carbonyl (C=O) groups is 1. The van der Waals surface area contributed by atoms with E-state index in [0.717, 1.165) is 4.40 Å². The second-order valence-electron chi connectivity index (χ2n) is 5.85. The van der Waals surface area contributed by atoms with Crippen molar-refractivity contribution >= 4 is 29.0 Å². The van der Waals surface area contributed by atoms with Crippen LogP contribution in [0, 0.1) is 15.9 Å². The van der Waals surface area contributed by atoms with Crippen LogP contribution in [0.5, 0.6) is 5.75 Å². The van der Waals surface area contributed by atoms with E-state index >= 15 is 0 Å². The topological polar surface area (TPSA) is 98.8 Å². The molecule has 1 N–H and O–H groups in total. The summed E-state index contributed by atoms with van der Waals surface area (Å²) >= 11 is 6.30. The number of halogens is 2. The van der Waals surface area contributed by atoms with E-state index < -0.39 is 22.5 Å². The molecule has 1 aromatic carbocycles. The van der Waals surface area contributed by atoms with E-state index in [1.807, 2.05) is 6.92 Å². The normalized spacial score (nSPS) is 10.9. The van der Waals surface area contributed by atoms with Gasteiger partial charge in [-0.25, -0.2) is 4.39 Å². The van der Waals surface area contributed by atoms with Gasteiger partial charge >= 0.3 is 5.82 Å². The lowest BCUT2D eigenvalue weighted by Crippen LogP contribution is -2.25. The van der Waals surface area contributed by atoms with Crippen LogP contribution in [0.15, 0.2) is 30.5 Å². The van der Waals surface area contributed by atoms with Crippen LogP contribution in [-0.4, -0.2) is 33.9 Å². The van der Waals surface area contributed by atoms with Gasteiger partial charge in [-0.3, -0.25) is 4.79 Å². The van der Waals surface area contributed by atoms with Gasteiger partial charge in [0, 0.05) is 6.54 Å². The number of nitrogens with one attached hydrogen (secondary N) is 1. The Balaban J connectivity index is 2.36. The molecule has 0 saturated carbocycles. The first-order valence-electron chi connectivity index (χ1n) is 8.36. The third-order valence-electron chi connectivity index (χ3n) is 4.09. The molecule has 0 aliphatic heterocycles. The monoisotopic (exact) mass is 406 g/mol.